The third-order valence-electron chi connectivity index (χ3n) is 2.76. The Balaban J connectivity index is 2.89. The van der Waals surface area contributed by atoms with Crippen LogP contribution in [0, 0.1) is 0 Å². The number of hydrogen-bond acceptors (Lipinski definition) is 4. The highest BCUT2D eigenvalue weighted by Gasteiger charge is 2.26. The zero-order valence-corrected chi connectivity index (χ0v) is 12.5. The van der Waals surface area contributed by atoms with Gasteiger partial charge in [0, 0.05) is 11.5 Å². The van der Waals surface area contributed by atoms with Crippen molar-refractivity contribution in [1.29, 1.82) is 0 Å². The van der Waals surface area contributed by atoms with E-state index < -0.39 is 0 Å². The van der Waals surface area contributed by atoms with Gasteiger partial charge in [0.1, 0.15) is 0 Å². The van der Waals surface area contributed by atoms with Crippen LogP contribution in [0.3, 0.4) is 0 Å². The molecule has 0 fully saturated rings. The number of nitrogens with zero attached hydrogens (tertiary/aromatic N) is 2. The maximum Gasteiger partial charge on any atom is 0.0857 e. The molecule has 1 heterocycles. The van der Waals surface area contributed by atoms with Crippen molar-refractivity contribution in [2.24, 2.45) is 0 Å². The largest absolute Gasteiger partial charge is 0.309 e. The summed E-state index contributed by atoms with van der Waals surface area (Å²) in [6.07, 6.45) is 3.51. The zero-order chi connectivity index (χ0) is 12.9. The summed E-state index contributed by atoms with van der Waals surface area (Å²) in [6.45, 7) is 12.1. The van der Waals surface area contributed by atoms with E-state index in [0.717, 1.165) is 25.1 Å². The van der Waals surface area contributed by atoms with Gasteiger partial charge in [-0.1, -0.05) is 45.5 Å². The number of hydrogen-bond donors (Lipinski definition) is 1. The van der Waals surface area contributed by atoms with Crippen LogP contribution in [0.25, 0.3) is 0 Å². The number of rotatable bonds is 6. The Labute approximate surface area is 109 Å². The first-order valence-electron chi connectivity index (χ1n) is 6.56. The van der Waals surface area contributed by atoms with Crippen LogP contribution in [0.5, 0.6) is 0 Å². The van der Waals surface area contributed by atoms with Gasteiger partial charge >= 0.3 is 0 Å². The summed E-state index contributed by atoms with van der Waals surface area (Å²) in [5.41, 5.74) is 1.24. The third kappa shape index (κ3) is 4.03. The Morgan fingerprint density at radius 3 is 2.47 bits per heavy atom. The van der Waals surface area contributed by atoms with Gasteiger partial charge in [0.05, 0.1) is 10.6 Å². The lowest BCUT2D eigenvalue weighted by Gasteiger charge is -2.22. The van der Waals surface area contributed by atoms with E-state index in [0.29, 0.717) is 6.04 Å². The van der Waals surface area contributed by atoms with Crippen LogP contribution in [0.1, 0.15) is 70.5 Å². The van der Waals surface area contributed by atoms with Crippen LogP contribution in [0.4, 0.5) is 0 Å². The molecule has 4 heteroatoms. The molecule has 0 aliphatic carbocycles. The summed E-state index contributed by atoms with van der Waals surface area (Å²) >= 11 is 1.55. The molecule has 0 saturated carbocycles. The molecular weight excluding hydrogens is 230 g/mol. The molecule has 98 valence electrons. The van der Waals surface area contributed by atoms with Crippen LogP contribution >= 0.6 is 11.5 Å². The summed E-state index contributed by atoms with van der Waals surface area (Å²) in [4.78, 5) is 1.33. The first-order valence-corrected chi connectivity index (χ1v) is 7.34. The van der Waals surface area contributed by atoms with Crippen LogP contribution in [0.15, 0.2) is 0 Å². The Hall–Kier alpha value is -0.480. The second kappa shape index (κ2) is 6.45. The van der Waals surface area contributed by atoms with Crippen LogP contribution in [-0.4, -0.2) is 16.1 Å². The molecule has 17 heavy (non-hydrogen) atoms. The van der Waals surface area contributed by atoms with Gasteiger partial charge < -0.3 is 5.32 Å². The molecule has 1 aromatic rings. The first-order chi connectivity index (χ1) is 8.00. The average molecular weight is 255 g/mol. The highest BCUT2D eigenvalue weighted by Crippen LogP contribution is 2.32. The third-order valence-corrected chi connectivity index (χ3v) is 3.60. The summed E-state index contributed by atoms with van der Waals surface area (Å²) in [7, 11) is 0. The Bertz CT molecular complexity index is 328. The predicted octanol–water partition coefficient (Wildman–Crippen LogP) is 3.68. The van der Waals surface area contributed by atoms with Crippen molar-refractivity contribution in [3.8, 4) is 0 Å². The molecule has 0 bridgehead atoms. The molecule has 1 atom stereocenters. The molecule has 0 aliphatic heterocycles. The lowest BCUT2D eigenvalue weighted by atomic mass is 9.89. The van der Waals surface area contributed by atoms with E-state index in [2.05, 4.69) is 49.5 Å². The minimum absolute atomic E-state index is 0.0855. The highest BCUT2D eigenvalue weighted by molar-refractivity contribution is 7.05. The summed E-state index contributed by atoms with van der Waals surface area (Å²) < 4.78 is 4.15. The molecule has 0 amide bonds. The molecule has 0 radical (unpaired) electrons. The van der Waals surface area contributed by atoms with Crippen LogP contribution < -0.4 is 5.32 Å². The Morgan fingerprint density at radius 2 is 1.94 bits per heavy atom. The van der Waals surface area contributed by atoms with Crippen LogP contribution in [-0.2, 0) is 5.41 Å². The fraction of sp³-hybridized carbons (Fsp3) is 0.846. The van der Waals surface area contributed by atoms with Gasteiger partial charge in [-0.05, 0) is 30.9 Å². The van der Waals surface area contributed by atoms with Gasteiger partial charge in [0.2, 0.25) is 0 Å². The van der Waals surface area contributed by atoms with E-state index in [-0.39, 0.29) is 5.41 Å². The molecule has 1 N–H and O–H groups in total. The lowest BCUT2D eigenvalue weighted by molar-refractivity contribution is 0.479. The standard InChI is InChI=1S/C13H25N3S/c1-6-8-10(14-9-7-2)11-12(13(3,4)5)15-16-17-11/h10,14H,6-9H2,1-5H3. The van der Waals surface area contributed by atoms with Crippen LogP contribution in [0.2, 0.25) is 0 Å². The van der Waals surface area contributed by atoms with Crippen molar-refractivity contribution in [2.75, 3.05) is 6.54 Å². The fourth-order valence-electron chi connectivity index (χ4n) is 1.88. The maximum absolute atomic E-state index is 4.33. The quantitative estimate of drug-likeness (QED) is 0.842. The molecule has 1 rings (SSSR count). The molecule has 0 saturated heterocycles. The van der Waals surface area contributed by atoms with Crippen molar-refractivity contribution in [2.45, 2.75) is 65.3 Å². The van der Waals surface area contributed by atoms with Crippen molar-refractivity contribution < 1.29 is 0 Å². The first kappa shape index (κ1) is 14.6. The lowest BCUT2D eigenvalue weighted by Crippen LogP contribution is -2.25. The second-order valence-corrected chi connectivity index (χ2v) is 6.32. The highest BCUT2D eigenvalue weighted by atomic mass is 32.1. The Kier molecular flexibility index (Phi) is 5.53. The molecule has 0 spiro atoms. The second-order valence-electron chi connectivity index (χ2n) is 5.53. The zero-order valence-electron chi connectivity index (χ0n) is 11.7. The van der Waals surface area contributed by atoms with Crippen molar-refractivity contribution in [3.05, 3.63) is 10.6 Å². The smallest absolute Gasteiger partial charge is 0.0857 e. The van der Waals surface area contributed by atoms with E-state index in [1.54, 1.807) is 11.5 Å². The minimum Gasteiger partial charge on any atom is -0.309 e. The molecule has 1 aromatic heterocycles. The molecule has 3 nitrogen and oxygen atoms in total. The van der Waals surface area contributed by atoms with E-state index in [9.17, 15) is 0 Å². The summed E-state index contributed by atoms with van der Waals surface area (Å²) in [5, 5.41) is 7.94. The van der Waals surface area contributed by atoms with Gasteiger partial charge in [-0.3, -0.25) is 0 Å². The molecule has 0 aromatic carbocycles. The normalized spacial score (nSPS) is 13.9. The van der Waals surface area contributed by atoms with E-state index in [4.69, 9.17) is 0 Å². The van der Waals surface area contributed by atoms with E-state index >= 15 is 0 Å². The van der Waals surface area contributed by atoms with E-state index in [1.807, 2.05) is 0 Å². The minimum atomic E-state index is 0.0855. The Morgan fingerprint density at radius 1 is 1.24 bits per heavy atom. The van der Waals surface area contributed by atoms with Gasteiger partial charge in [-0.2, -0.15) is 0 Å². The van der Waals surface area contributed by atoms with Gasteiger partial charge in [0.25, 0.3) is 0 Å². The maximum atomic E-state index is 4.33. The number of nitrogens with one attached hydrogen (secondary N) is 1. The van der Waals surface area contributed by atoms with Gasteiger partial charge in [0.15, 0.2) is 0 Å². The van der Waals surface area contributed by atoms with Crippen molar-refractivity contribution in [3.63, 3.8) is 0 Å². The topological polar surface area (TPSA) is 37.8 Å². The molecule has 0 aliphatic rings. The van der Waals surface area contributed by atoms with E-state index in [1.165, 1.54) is 11.3 Å². The summed E-state index contributed by atoms with van der Waals surface area (Å²) in [6, 6.07) is 0.425. The summed E-state index contributed by atoms with van der Waals surface area (Å²) in [5.74, 6) is 0. The number of aromatic nitrogens is 2. The van der Waals surface area contributed by atoms with Gasteiger partial charge in [-0.25, -0.2) is 0 Å². The molecular formula is C13H25N3S. The van der Waals surface area contributed by atoms with Gasteiger partial charge in [-0.15, -0.1) is 5.10 Å². The SMILES string of the molecule is CCCNC(CCC)c1snnc1C(C)(C)C. The van der Waals surface area contributed by atoms with Crippen molar-refractivity contribution >= 4 is 11.5 Å². The monoisotopic (exact) mass is 255 g/mol. The predicted molar refractivity (Wildman–Crippen MR) is 74.6 cm³/mol. The average Bonchev–Trinajstić information content (AvgIpc) is 2.72. The van der Waals surface area contributed by atoms with Crippen molar-refractivity contribution in [1.82, 2.24) is 14.9 Å². The fourth-order valence-corrected chi connectivity index (χ4v) is 2.85. The molecule has 1 unspecified atom stereocenters.